The zero-order valence-electron chi connectivity index (χ0n) is 55.2. The van der Waals surface area contributed by atoms with Crippen LogP contribution in [-0.2, 0) is 10.8 Å². The molecule has 0 aliphatic heterocycles. The number of para-hydroxylation sites is 2. The average molecular weight is 1270 g/mol. The molecule has 0 saturated carbocycles. The van der Waals surface area contributed by atoms with Gasteiger partial charge in [-0.25, -0.2) is 15.0 Å². The van der Waals surface area contributed by atoms with E-state index < -0.39 is 0 Å². The highest BCUT2D eigenvalue weighted by molar-refractivity contribution is 6.14. The molecule has 4 heterocycles. The van der Waals surface area contributed by atoms with E-state index in [1.807, 2.05) is 24.3 Å². The van der Waals surface area contributed by atoms with Crippen molar-refractivity contribution < 1.29 is 0 Å². The van der Waals surface area contributed by atoms with E-state index in [0.717, 1.165) is 77.6 Å². The van der Waals surface area contributed by atoms with Crippen LogP contribution in [0, 0.1) is 0 Å². The van der Waals surface area contributed by atoms with Gasteiger partial charge in [-0.05, 0) is 163 Å². The van der Waals surface area contributed by atoms with Gasteiger partial charge in [-0.15, -0.1) is 0 Å². The lowest BCUT2D eigenvalue weighted by atomic mass is 9.82. The van der Waals surface area contributed by atoms with Crippen molar-refractivity contribution in [3.8, 4) is 107 Å². The molecule has 0 saturated heterocycles. The van der Waals surface area contributed by atoms with E-state index in [1.165, 1.54) is 99.5 Å². The van der Waals surface area contributed by atoms with Crippen molar-refractivity contribution >= 4 is 65.4 Å². The first kappa shape index (κ1) is 56.8. The zero-order valence-corrected chi connectivity index (χ0v) is 55.2. The summed E-state index contributed by atoms with van der Waals surface area (Å²) in [6.07, 6.45) is 0. The molecule has 0 radical (unpaired) electrons. The molecule has 0 spiro atoms. The van der Waals surface area contributed by atoms with E-state index in [4.69, 9.17) is 15.0 Å². The van der Waals surface area contributed by atoms with E-state index in [9.17, 15) is 0 Å². The van der Waals surface area contributed by atoms with E-state index >= 15 is 0 Å². The molecule has 20 rings (SSSR count). The van der Waals surface area contributed by atoms with Crippen molar-refractivity contribution in [2.75, 3.05) is 0 Å². The lowest BCUT2D eigenvalue weighted by molar-refractivity contribution is 0.660. The first-order chi connectivity index (χ1) is 48.6. The van der Waals surface area contributed by atoms with Crippen LogP contribution < -0.4 is 0 Å². The molecule has 0 atom stereocenters. The average Bonchev–Trinajstić information content (AvgIpc) is 1.61. The standard InChI is InChI=1S/C93H64N6/c1-92(2)79-30-15-11-26-69(79)71-46-42-67(55-81(71)92)97-83-32-17-13-28-73(83)77-51-61(40-48-85(77)97)63-38-44-75-76-45-39-64(62-41-49-86-78(52-62)74-29-14-18-33-84(74)98(86)68-43-47-72-70-27-12-16-31-80(70)93(3,4)82(72)56-68)54-88(76)99(87(75)53-63)66-25-19-24-65(50-66)91-95-89(59-22-9-6-10-23-59)94-90(96-91)60-36-34-58(35-37-60)57-20-7-5-8-21-57/h5-56H,1-4H3. The third kappa shape index (κ3) is 8.72. The molecule has 466 valence electrons. The Morgan fingerprint density at radius 2 is 0.545 bits per heavy atom. The first-order valence-electron chi connectivity index (χ1n) is 34.3. The number of hydrogen-bond acceptors (Lipinski definition) is 3. The van der Waals surface area contributed by atoms with E-state index in [1.54, 1.807) is 0 Å². The summed E-state index contributed by atoms with van der Waals surface area (Å²) >= 11 is 0. The molecule has 14 aromatic carbocycles. The van der Waals surface area contributed by atoms with Crippen molar-refractivity contribution in [2.45, 2.75) is 38.5 Å². The Labute approximate surface area is 573 Å². The van der Waals surface area contributed by atoms with Crippen LogP contribution >= 0.6 is 0 Å². The topological polar surface area (TPSA) is 53.5 Å². The molecule has 0 bridgehead atoms. The van der Waals surface area contributed by atoms with E-state index in [0.29, 0.717) is 17.5 Å². The Morgan fingerprint density at radius 3 is 1.07 bits per heavy atom. The fraction of sp³-hybridized carbons (Fsp3) is 0.0645. The second kappa shape index (κ2) is 21.5. The summed E-state index contributed by atoms with van der Waals surface area (Å²) in [5, 5.41) is 7.20. The molecule has 0 N–H and O–H groups in total. The molecule has 2 aliphatic rings. The normalized spacial score (nSPS) is 13.4. The van der Waals surface area contributed by atoms with Crippen LogP contribution in [0.3, 0.4) is 0 Å². The summed E-state index contributed by atoms with van der Waals surface area (Å²) in [4.78, 5) is 15.8. The van der Waals surface area contributed by atoms with Crippen molar-refractivity contribution in [3.05, 3.63) is 338 Å². The van der Waals surface area contributed by atoms with Crippen LogP contribution in [0.1, 0.15) is 49.9 Å². The van der Waals surface area contributed by atoms with Crippen LogP contribution in [0.25, 0.3) is 172 Å². The molecular weight excluding hydrogens is 1200 g/mol. The Morgan fingerprint density at radius 1 is 0.202 bits per heavy atom. The van der Waals surface area contributed by atoms with Gasteiger partial charge in [-0.2, -0.15) is 0 Å². The van der Waals surface area contributed by atoms with Crippen LogP contribution in [-0.4, -0.2) is 28.7 Å². The molecule has 4 aromatic heterocycles. The second-order valence-corrected chi connectivity index (χ2v) is 27.9. The zero-order chi connectivity index (χ0) is 65.8. The maximum atomic E-state index is 5.32. The maximum Gasteiger partial charge on any atom is 0.164 e. The summed E-state index contributed by atoms with van der Waals surface area (Å²) in [5.74, 6) is 1.82. The lowest BCUT2D eigenvalue weighted by Crippen LogP contribution is -2.15. The number of aromatic nitrogens is 6. The smallest absolute Gasteiger partial charge is 0.164 e. The molecule has 2 aliphatic carbocycles. The fourth-order valence-electron chi connectivity index (χ4n) is 16.8. The van der Waals surface area contributed by atoms with Crippen LogP contribution in [0.15, 0.2) is 315 Å². The van der Waals surface area contributed by atoms with Gasteiger partial charge in [-0.3, -0.25) is 0 Å². The summed E-state index contributed by atoms with van der Waals surface area (Å²) in [6, 6.07) is 116. The minimum Gasteiger partial charge on any atom is -0.309 e. The Hall–Kier alpha value is -12.5. The van der Waals surface area contributed by atoms with Gasteiger partial charge in [0.15, 0.2) is 17.5 Å². The van der Waals surface area contributed by atoms with Gasteiger partial charge in [0, 0.05) is 76.9 Å². The minimum atomic E-state index is -0.121. The number of rotatable bonds is 9. The predicted molar refractivity (Wildman–Crippen MR) is 411 cm³/mol. The predicted octanol–water partition coefficient (Wildman–Crippen LogP) is 23.8. The van der Waals surface area contributed by atoms with Crippen molar-refractivity contribution in [1.82, 2.24) is 28.7 Å². The fourth-order valence-corrected chi connectivity index (χ4v) is 16.8. The molecule has 0 fully saturated rings. The Bertz CT molecular complexity index is 6120. The molecular formula is C93H64N6. The van der Waals surface area contributed by atoms with Crippen LogP contribution in [0.4, 0.5) is 0 Å². The van der Waals surface area contributed by atoms with Crippen molar-refractivity contribution in [2.24, 2.45) is 0 Å². The monoisotopic (exact) mass is 1260 g/mol. The third-order valence-electron chi connectivity index (χ3n) is 21.7. The summed E-state index contributed by atoms with van der Waals surface area (Å²) in [5.41, 5.74) is 30.3. The summed E-state index contributed by atoms with van der Waals surface area (Å²) in [6.45, 7) is 9.45. The SMILES string of the molecule is CC1(C)c2ccccc2-c2ccc(-n3c4ccccc4c4cc(-c5ccc6c7ccc(-c8ccc9c(c8)c8ccccc8n9-c8ccc9c(c8)C(C)(C)c8ccccc8-9)cc7n(-c7cccc(-c8nc(-c9ccccc9)nc(-c9ccc(-c%10ccccc%10)cc9)n8)c7)c6c5)ccc43)cc21. The second-order valence-electron chi connectivity index (χ2n) is 27.9. The quantitative estimate of drug-likeness (QED) is 0.145. The number of fused-ring (bicyclic) bond motifs is 15. The van der Waals surface area contributed by atoms with Gasteiger partial charge in [0.25, 0.3) is 0 Å². The van der Waals surface area contributed by atoms with Gasteiger partial charge in [-0.1, -0.05) is 258 Å². The Kier molecular flexibility index (Phi) is 12.3. The highest BCUT2D eigenvalue weighted by Gasteiger charge is 2.37. The van der Waals surface area contributed by atoms with Gasteiger partial charge >= 0.3 is 0 Å². The van der Waals surface area contributed by atoms with Crippen molar-refractivity contribution in [1.29, 1.82) is 0 Å². The van der Waals surface area contributed by atoms with Crippen LogP contribution in [0.5, 0.6) is 0 Å². The number of nitrogens with zero attached hydrogens (tertiary/aromatic N) is 6. The molecule has 0 unspecified atom stereocenters. The molecule has 6 nitrogen and oxygen atoms in total. The van der Waals surface area contributed by atoms with Gasteiger partial charge < -0.3 is 13.7 Å². The summed E-state index contributed by atoms with van der Waals surface area (Å²) in [7, 11) is 0. The maximum absolute atomic E-state index is 5.32. The van der Waals surface area contributed by atoms with Gasteiger partial charge in [0.05, 0.1) is 33.1 Å². The first-order valence-corrected chi connectivity index (χ1v) is 34.3. The molecule has 0 amide bonds. The number of benzene rings is 14. The van der Waals surface area contributed by atoms with E-state index in [-0.39, 0.29) is 10.8 Å². The third-order valence-corrected chi connectivity index (χ3v) is 21.7. The highest BCUT2D eigenvalue weighted by atomic mass is 15.0. The van der Waals surface area contributed by atoms with Gasteiger partial charge in [0.1, 0.15) is 0 Å². The van der Waals surface area contributed by atoms with Crippen molar-refractivity contribution in [3.63, 3.8) is 0 Å². The van der Waals surface area contributed by atoms with Crippen LogP contribution in [0.2, 0.25) is 0 Å². The minimum absolute atomic E-state index is 0.121. The van der Waals surface area contributed by atoms with E-state index in [2.05, 4.69) is 333 Å². The van der Waals surface area contributed by atoms with Gasteiger partial charge in [0.2, 0.25) is 0 Å². The molecule has 18 aromatic rings. The summed E-state index contributed by atoms with van der Waals surface area (Å²) < 4.78 is 7.38. The molecule has 6 heteroatoms. The largest absolute Gasteiger partial charge is 0.309 e. The Balaban J connectivity index is 0.749. The lowest BCUT2D eigenvalue weighted by Gasteiger charge is -2.22. The number of hydrogen-bond donors (Lipinski definition) is 0. The highest BCUT2D eigenvalue weighted by Crippen LogP contribution is 2.52. The molecule has 99 heavy (non-hydrogen) atoms.